The smallest absolute Gasteiger partial charge is 0.475 e. The Morgan fingerprint density at radius 1 is 1.16 bits per heavy atom. The molecule has 3 atom stereocenters. The van der Waals surface area contributed by atoms with Gasteiger partial charge >= 0.3 is 18.2 Å². The number of ether oxygens (including phenoxy) is 1. The van der Waals surface area contributed by atoms with E-state index < -0.39 is 18.2 Å². The number of alkyl halides is 3. The highest BCUT2D eigenvalue weighted by molar-refractivity contribution is 5.94. The molecule has 0 bridgehead atoms. The molecule has 2 aliphatic rings. The molecule has 206 valence electrons. The average Bonchev–Trinajstić information content (AvgIpc) is 3.31. The number of benzene rings is 1. The van der Waals surface area contributed by atoms with Crippen LogP contribution in [-0.2, 0) is 20.7 Å². The van der Waals surface area contributed by atoms with Crippen molar-refractivity contribution in [1.82, 2.24) is 9.88 Å². The molecule has 1 spiro atoms. The number of urea groups is 1. The van der Waals surface area contributed by atoms with Crippen LogP contribution in [0.5, 0.6) is 0 Å². The van der Waals surface area contributed by atoms with E-state index in [-0.39, 0.29) is 23.5 Å². The van der Waals surface area contributed by atoms with Crippen molar-refractivity contribution in [1.29, 1.82) is 0 Å². The maximum Gasteiger partial charge on any atom is 0.490 e. The second kappa shape index (κ2) is 12.2. The lowest BCUT2D eigenvalue weighted by Crippen LogP contribution is -2.53. The Hall–Kier alpha value is -3.67. The molecule has 0 saturated carbocycles. The molecule has 2 saturated heterocycles. The first-order chi connectivity index (χ1) is 17.9. The van der Waals surface area contributed by atoms with Gasteiger partial charge in [0, 0.05) is 30.9 Å². The zero-order chi connectivity index (χ0) is 27.9. The first-order valence-electron chi connectivity index (χ1n) is 12.3. The number of amides is 3. The fraction of sp³-hybridized carbons (Fsp3) is 0.462. The van der Waals surface area contributed by atoms with E-state index in [0.29, 0.717) is 25.2 Å². The van der Waals surface area contributed by atoms with Crippen molar-refractivity contribution in [2.24, 2.45) is 5.92 Å². The van der Waals surface area contributed by atoms with Gasteiger partial charge < -0.3 is 25.4 Å². The molecule has 3 N–H and O–H groups in total. The number of hydrogen-bond donors (Lipinski definition) is 3. The Balaban J connectivity index is 0.000000505. The van der Waals surface area contributed by atoms with Crippen molar-refractivity contribution < 1.29 is 37.4 Å². The summed E-state index contributed by atoms with van der Waals surface area (Å²) in [6, 6.07) is 11.5. The summed E-state index contributed by atoms with van der Waals surface area (Å²) in [5.74, 6) is -2.74. The molecular formula is C26H31F3N4O5. The van der Waals surface area contributed by atoms with Gasteiger partial charge in [-0.25, -0.2) is 9.59 Å². The second-order valence-corrected chi connectivity index (χ2v) is 9.32. The summed E-state index contributed by atoms with van der Waals surface area (Å²) in [4.78, 5) is 40.2. The van der Waals surface area contributed by atoms with E-state index in [1.807, 2.05) is 29.2 Å². The van der Waals surface area contributed by atoms with E-state index in [4.69, 9.17) is 14.6 Å². The normalized spacial score (nSPS) is 22.8. The number of anilines is 2. The van der Waals surface area contributed by atoms with Gasteiger partial charge in [-0.15, -0.1) is 0 Å². The molecule has 0 radical (unpaired) electrons. The lowest BCUT2D eigenvalue weighted by Gasteiger charge is -2.44. The monoisotopic (exact) mass is 536 g/mol. The third kappa shape index (κ3) is 7.44. The second-order valence-electron chi connectivity index (χ2n) is 9.32. The topological polar surface area (TPSA) is 121 Å². The van der Waals surface area contributed by atoms with Crippen LogP contribution in [-0.4, -0.2) is 63.9 Å². The molecule has 3 heterocycles. The largest absolute Gasteiger partial charge is 0.490 e. The first kappa shape index (κ1) is 28.9. The number of carbonyl (C=O) groups is 3. The lowest BCUT2D eigenvalue weighted by atomic mass is 9.80. The van der Waals surface area contributed by atoms with Crippen LogP contribution in [0.2, 0.25) is 0 Å². The number of aryl methyl sites for hydroxylation is 1. The van der Waals surface area contributed by atoms with Crippen molar-refractivity contribution in [3.8, 4) is 0 Å². The van der Waals surface area contributed by atoms with E-state index >= 15 is 0 Å². The van der Waals surface area contributed by atoms with Gasteiger partial charge in [-0.2, -0.15) is 13.2 Å². The number of likely N-dealkylation sites (tertiary alicyclic amines) is 1. The summed E-state index contributed by atoms with van der Waals surface area (Å²) in [7, 11) is 0. The molecule has 2 aromatic rings. The molecule has 1 aromatic carbocycles. The molecule has 38 heavy (non-hydrogen) atoms. The maximum atomic E-state index is 12.8. The van der Waals surface area contributed by atoms with Crippen LogP contribution in [0.15, 0.2) is 48.8 Å². The van der Waals surface area contributed by atoms with Crippen LogP contribution in [0.3, 0.4) is 0 Å². The highest BCUT2D eigenvalue weighted by Gasteiger charge is 2.49. The van der Waals surface area contributed by atoms with Crippen LogP contribution in [0.25, 0.3) is 0 Å². The van der Waals surface area contributed by atoms with Crippen LogP contribution in [0.1, 0.15) is 38.7 Å². The first-order valence-corrected chi connectivity index (χ1v) is 12.3. The van der Waals surface area contributed by atoms with Gasteiger partial charge in [-0.05, 0) is 55.5 Å². The molecule has 1 aromatic heterocycles. The van der Waals surface area contributed by atoms with Crippen LogP contribution < -0.4 is 10.6 Å². The molecule has 12 heteroatoms. The Morgan fingerprint density at radius 2 is 1.87 bits per heavy atom. The van der Waals surface area contributed by atoms with Crippen molar-refractivity contribution in [3.63, 3.8) is 0 Å². The molecular weight excluding hydrogens is 505 g/mol. The Morgan fingerprint density at radius 3 is 2.47 bits per heavy atom. The fourth-order valence-electron chi connectivity index (χ4n) is 4.58. The Labute approximate surface area is 218 Å². The number of aromatic nitrogens is 1. The van der Waals surface area contributed by atoms with Gasteiger partial charge in [-0.3, -0.25) is 9.78 Å². The number of aliphatic carboxylic acids is 1. The predicted octanol–water partition coefficient (Wildman–Crippen LogP) is 4.71. The molecule has 9 nitrogen and oxygen atoms in total. The number of rotatable bonds is 4. The highest BCUT2D eigenvalue weighted by atomic mass is 19.4. The zero-order valence-electron chi connectivity index (χ0n) is 21.1. The van der Waals surface area contributed by atoms with Gasteiger partial charge in [-0.1, -0.05) is 26.0 Å². The summed E-state index contributed by atoms with van der Waals surface area (Å²) in [6.45, 7) is 5.42. The van der Waals surface area contributed by atoms with Crippen molar-refractivity contribution in [2.75, 3.05) is 23.7 Å². The van der Waals surface area contributed by atoms with Gasteiger partial charge in [0.15, 0.2) is 0 Å². The molecule has 0 aliphatic carbocycles. The quantitative estimate of drug-likeness (QED) is 0.521. The van der Waals surface area contributed by atoms with E-state index in [2.05, 4.69) is 35.5 Å². The Kier molecular flexibility index (Phi) is 9.31. The standard InChI is InChI=1S/C24H30N4O3.C2HF3O2/c1-3-18-6-4-7-19(14-18)27-23(30)28-13-11-24(17(2)16-28)10-9-21(31-24)22(29)26-20-8-5-12-25-15-20;3-2(4,5)1(6)7/h4-8,12,14-15,17,21H,3,9-11,13,16H2,1-2H3,(H,26,29)(H,27,30);(H,6,7). The minimum atomic E-state index is -5.08. The molecule has 2 aliphatic heterocycles. The van der Waals surface area contributed by atoms with Crippen molar-refractivity contribution >= 4 is 29.3 Å². The van der Waals surface area contributed by atoms with Gasteiger partial charge in [0.05, 0.1) is 17.5 Å². The predicted molar refractivity (Wildman–Crippen MR) is 134 cm³/mol. The number of nitrogens with zero attached hydrogens (tertiary/aromatic N) is 2. The summed E-state index contributed by atoms with van der Waals surface area (Å²) < 4.78 is 38.1. The van der Waals surface area contributed by atoms with Crippen LogP contribution >= 0.6 is 0 Å². The number of halogens is 3. The van der Waals surface area contributed by atoms with Gasteiger partial charge in [0.25, 0.3) is 5.91 Å². The molecule has 4 rings (SSSR count). The van der Waals surface area contributed by atoms with E-state index in [1.165, 1.54) is 5.56 Å². The van der Waals surface area contributed by atoms with Crippen LogP contribution in [0.4, 0.5) is 29.3 Å². The minimum Gasteiger partial charge on any atom is -0.475 e. The van der Waals surface area contributed by atoms with Crippen molar-refractivity contribution in [2.45, 2.75) is 57.4 Å². The third-order valence-corrected chi connectivity index (χ3v) is 6.74. The molecule has 3 amide bonds. The van der Waals surface area contributed by atoms with Crippen LogP contribution in [0, 0.1) is 5.92 Å². The lowest BCUT2D eigenvalue weighted by molar-refractivity contribution is -0.192. The van der Waals surface area contributed by atoms with E-state index in [1.54, 1.807) is 18.5 Å². The van der Waals surface area contributed by atoms with Gasteiger partial charge in [0.1, 0.15) is 6.10 Å². The summed E-state index contributed by atoms with van der Waals surface area (Å²) >= 11 is 0. The molecule has 2 fully saturated rings. The summed E-state index contributed by atoms with van der Waals surface area (Å²) in [5.41, 5.74) is 2.33. The fourth-order valence-corrected chi connectivity index (χ4v) is 4.58. The van der Waals surface area contributed by atoms with Gasteiger partial charge in [0.2, 0.25) is 0 Å². The summed E-state index contributed by atoms with van der Waals surface area (Å²) in [5, 5.41) is 13.0. The number of pyridine rings is 1. The number of carbonyl (C=O) groups excluding carboxylic acids is 2. The van der Waals surface area contributed by atoms with Crippen molar-refractivity contribution in [3.05, 3.63) is 54.4 Å². The number of carboxylic acids is 1. The highest BCUT2D eigenvalue weighted by Crippen LogP contribution is 2.42. The Bertz CT molecular complexity index is 1130. The zero-order valence-corrected chi connectivity index (χ0v) is 21.1. The third-order valence-electron chi connectivity index (χ3n) is 6.74. The number of carboxylic acid groups (broad SMARTS) is 1. The van der Waals surface area contributed by atoms with E-state index in [9.17, 15) is 22.8 Å². The summed E-state index contributed by atoms with van der Waals surface area (Å²) in [6.07, 6.45) is 0.911. The number of nitrogens with one attached hydrogen (secondary N) is 2. The van der Waals surface area contributed by atoms with E-state index in [0.717, 1.165) is 24.9 Å². The molecule has 3 unspecified atom stereocenters. The maximum absolute atomic E-state index is 12.8. The average molecular weight is 537 g/mol. The SMILES string of the molecule is CCc1cccc(NC(=O)N2CCC3(CCC(C(=O)Nc4cccnc4)O3)C(C)C2)c1.O=C(O)C(F)(F)F. The minimum absolute atomic E-state index is 0.0844. The number of piperidine rings is 1. The number of hydrogen-bond acceptors (Lipinski definition) is 5.